The van der Waals surface area contributed by atoms with Gasteiger partial charge in [0.2, 0.25) is 11.5 Å². The number of carbonyl (C=O) groups excluding carboxylic acids is 1. The van der Waals surface area contributed by atoms with Crippen molar-refractivity contribution in [2.24, 2.45) is 0 Å². The van der Waals surface area contributed by atoms with Crippen molar-refractivity contribution in [2.45, 2.75) is 0 Å². The largest absolute Gasteiger partial charge is 0.496 e. The molecule has 140 valence electrons. The average molecular weight is 432 g/mol. The van der Waals surface area contributed by atoms with Crippen LogP contribution >= 0.6 is 15.9 Å². The molecule has 0 aliphatic carbocycles. The maximum Gasteiger partial charge on any atom is 0.203 e. The van der Waals surface area contributed by atoms with E-state index in [0.717, 1.165) is 4.47 Å². The van der Waals surface area contributed by atoms with E-state index in [1.807, 2.05) is 6.07 Å². The van der Waals surface area contributed by atoms with Crippen molar-refractivity contribution in [3.63, 3.8) is 0 Å². The van der Waals surface area contributed by atoms with Crippen LogP contribution in [0.3, 0.4) is 0 Å². The predicted octanol–water partition coefficient (Wildman–Crippen LogP) is 4.27. The topological polar surface area (TPSA) is 77.8 Å². The number of nitrogens with zero attached hydrogens (tertiary/aromatic N) is 1. The zero-order valence-corrected chi connectivity index (χ0v) is 16.9. The van der Waals surface area contributed by atoms with Crippen molar-refractivity contribution in [3.8, 4) is 29.1 Å². The highest BCUT2D eigenvalue weighted by Crippen LogP contribution is 2.38. The van der Waals surface area contributed by atoms with E-state index in [0.29, 0.717) is 28.6 Å². The minimum atomic E-state index is -0.455. The van der Waals surface area contributed by atoms with Crippen LogP contribution < -0.4 is 18.9 Å². The molecule has 6 nitrogen and oxygen atoms in total. The van der Waals surface area contributed by atoms with Gasteiger partial charge in [-0.3, -0.25) is 4.79 Å². The first-order chi connectivity index (χ1) is 13.0. The molecule has 0 atom stereocenters. The molecule has 0 aliphatic rings. The van der Waals surface area contributed by atoms with Gasteiger partial charge in [0, 0.05) is 5.56 Å². The monoisotopic (exact) mass is 431 g/mol. The first-order valence-electron chi connectivity index (χ1n) is 7.79. The highest BCUT2D eigenvalue weighted by atomic mass is 79.9. The maximum atomic E-state index is 12.8. The normalized spacial score (nSPS) is 10.7. The van der Waals surface area contributed by atoms with Gasteiger partial charge in [-0.2, -0.15) is 5.26 Å². The lowest BCUT2D eigenvalue weighted by Gasteiger charge is -2.13. The molecule has 0 bridgehead atoms. The van der Waals surface area contributed by atoms with Crippen molar-refractivity contribution in [3.05, 3.63) is 51.5 Å². The number of nitriles is 1. The molecule has 0 fully saturated rings. The fraction of sp³-hybridized carbons (Fsp3) is 0.200. The highest BCUT2D eigenvalue weighted by molar-refractivity contribution is 9.10. The average Bonchev–Trinajstić information content (AvgIpc) is 2.70. The summed E-state index contributed by atoms with van der Waals surface area (Å²) in [6.07, 6.45) is 1.51. The van der Waals surface area contributed by atoms with Gasteiger partial charge in [0.25, 0.3) is 0 Å². The molecule has 0 heterocycles. The minimum absolute atomic E-state index is 0.0265. The predicted molar refractivity (Wildman–Crippen MR) is 105 cm³/mol. The smallest absolute Gasteiger partial charge is 0.203 e. The molecule has 0 spiro atoms. The Labute approximate surface area is 166 Å². The van der Waals surface area contributed by atoms with Crippen molar-refractivity contribution in [2.75, 3.05) is 28.4 Å². The summed E-state index contributed by atoms with van der Waals surface area (Å²) in [5.74, 6) is 1.25. The first kappa shape index (κ1) is 20.3. The van der Waals surface area contributed by atoms with Crippen LogP contribution in [0.15, 0.2) is 40.4 Å². The molecule has 0 aromatic heterocycles. The van der Waals surface area contributed by atoms with Crippen molar-refractivity contribution >= 4 is 27.8 Å². The van der Waals surface area contributed by atoms with E-state index in [2.05, 4.69) is 15.9 Å². The van der Waals surface area contributed by atoms with Gasteiger partial charge in [-0.05, 0) is 51.8 Å². The third kappa shape index (κ3) is 4.41. The zero-order valence-electron chi connectivity index (χ0n) is 15.3. The Balaban J connectivity index is 2.48. The Kier molecular flexibility index (Phi) is 6.85. The van der Waals surface area contributed by atoms with Crippen LogP contribution in [0.5, 0.6) is 23.0 Å². The van der Waals surface area contributed by atoms with E-state index < -0.39 is 5.78 Å². The Morgan fingerprint density at radius 3 is 2.00 bits per heavy atom. The molecule has 0 aliphatic heterocycles. The molecule has 0 unspecified atom stereocenters. The summed E-state index contributed by atoms with van der Waals surface area (Å²) in [6.45, 7) is 0. The summed E-state index contributed by atoms with van der Waals surface area (Å²) < 4.78 is 21.7. The molecule has 2 rings (SSSR count). The van der Waals surface area contributed by atoms with Crippen molar-refractivity contribution in [1.29, 1.82) is 5.26 Å². The summed E-state index contributed by atoms with van der Waals surface area (Å²) in [4.78, 5) is 12.8. The van der Waals surface area contributed by atoms with Crippen LogP contribution in [-0.2, 0) is 0 Å². The van der Waals surface area contributed by atoms with Gasteiger partial charge >= 0.3 is 0 Å². The summed E-state index contributed by atoms with van der Waals surface area (Å²) in [7, 11) is 5.96. The van der Waals surface area contributed by atoms with Crippen LogP contribution in [0.1, 0.15) is 15.9 Å². The number of rotatable bonds is 7. The SMILES string of the molecule is COc1ccc(/C=C(\C#N)C(=O)c2cc(OC)c(OC)c(OC)c2)cc1Br. The number of benzene rings is 2. The number of ether oxygens (including phenoxy) is 4. The Hall–Kier alpha value is -2.98. The van der Waals surface area contributed by atoms with Crippen molar-refractivity contribution in [1.82, 2.24) is 0 Å². The van der Waals surface area contributed by atoms with E-state index in [1.165, 1.54) is 39.5 Å². The molecular formula is C20H18BrNO5. The van der Waals surface area contributed by atoms with E-state index in [-0.39, 0.29) is 11.1 Å². The highest BCUT2D eigenvalue weighted by Gasteiger charge is 2.19. The van der Waals surface area contributed by atoms with Crippen LogP contribution in [0.2, 0.25) is 0 Å². The Bertz CT molecular complexity index is 905. The molecule has 0 N–H and O–H groups in total. The lowest BCUT2D eigenvalue weighted by atomic mass is 10.0. The Morgan fingerprint density at radius 1 is 0.963 bits per heavy atom. The third-order valence-corrected chi connectivity index (χ3v) is 4.40. The van der Waals surface area contributed by atoms with Gasteiger partial charge in [-0.25, -0.2) is 0 Å². The molecule has 0 radical (unpaired) electrons. The minimum Gasteiger partial charge on any atom is -0.496 e. The second-order valence-corrected chi connectivity index (χ2v) is 6.16. The Morgan fingerprint density at radius 2 is 1.56 bits per heavy atom. The number of hydrogen-bond donors (Lipinski definition) is 0. The third-order valence-electron chi connectivity index (χ3n) is 3.78. The maximum absolute atomic E-state index is 12.8. The number of ketones is 1. The van der Waals surface area contributed by atoms with Crippen LogP contribution in [0.25, 0.3) is 6.08 Å². The number of halogens is 1. The molecule has 0 saturated carbocycles. The zero-order chi connectivity index (χ0) is 20.0. The van der Waals surface area contributed by atoms with Crippen LogP contribution in [0, 0.1) is 11.3 Å². The lowest BCUT2D eigenvalue weighted by Crippen LogP contribution is -2.04. The quantitative estimate of drug-likeness (QED) is 0.370. The summed E-state index contributed by atoms with van der Waals surface area (Å²) in [6, 6.07) is 10.2. The first-order valence-corrected chi connectivity index (χ1v) is 8.58. The van der Waals surface area contributed by atoms with Gasteiger partial charge in [-0.15, -0.1) is 0 Å². The molecular weight excluding hydrogens is 414 g/mol. The van der Waals surface area contributed by atoms with Crippen molar-refractivity contribution < 1.29 is 23.7 Å². The molecule has 2 aromatic carbocycles. The number of carbonyl (C=O) groups is 1. The second kappa shape index (κ2) is 9.10. The summed E-state index contributed by atoms with van der Waals surface area (Å²) in [5.41, 5.74) is 0.909. The lowest BCUT2D eigenvalue weighted by molar-refractivity contribution is 0.103. The van der Waals surface area contributed by atoms with Gasteiger partial charge in [-0.1, -0.05) is 6.07 Å². The van der Waals surface area contributed by atoms with Gasteiger partial charge < -0.3 is 18.9 Å². The number of methoxy groups -OCH3 is 4. The fourth-order valence-electron chi connectivity index (χ4n) is 2.46. The fourth-order valence-corrected chi connectivity index (χ4v) is 3.01. The summed E-state index contributed by atoms with van der Waals surface area (Å²) >= 11 is 3.39. The molecule has 0 saturated heterocycles. The molecule has 2 aromatic rings. The summed E-state index contributed by atoms with van der Waals surface area (Å²) in [5, 5.41) is 9.48. The van der Waals surface area contributed by atoms with Gasteiger partial charge in [0.05, 0.1) is 32.9 Å². The molecule has 27 heavy (non-hydrogen) atoms. The van der Waals surface area contributed by atoms with E-state index >= 15 is 0 Å². The van der Waals surface area contributed by atoms with E-state index in [9.17, 15) is 10.1 Å². The van der Waals surface area contributed by atoms with E-state index in [4.69, 9.17) is 18.9 Å². The van der Waals surface area contributed by atoms with Gasteiger partial charge in [0.1, 0.15) is 17.4 Å². The van der Waals surface area contributed by atoms with E-state index in [1.54, 1.807) is 25.3 Å². The number of hydrogen-bond acceptors (Lipinski definition) is 6. The van der Waals surface area contributed by atoms with Gasteiger partial charge in [0.15, 0.2) is 11.5 Å². The number of allylic oxidation sites excluding steroid dienone is 1. The standard InChI is InChI=1S/C20H18BrNO5/c1-24-16-6-5-12(8-15(16)21)7-14(11-22)19(23)13-9-17(25-2)20(27-4)18(10-13)26-3/h5-10H,1-4H3/b14-7+. The number of Topliss-reactive ketones (excluding diaryl/α,β-unsaturated/α-hetero) is 1. The van der Waals surface area contributed by atoms with Crippen LogP contribution in [0.4, 0.5) is 0 Å². The van der Waals surface area contributed by atoms with Crippen LogP contribution in [-0.4, -0.2) is 34.2 Å². The molecule has 0 amide bonds. The second-order valence-electron chi connectivity index (χ2n) is 5.31. The molecule has 7 heteroatoms.